The van der Waals surface area contributed by atoms with E-state index in [-0.39, 0.29) is 16.4 Å². The molecule has 8 nitrogen and oxygen atoms in total. The SMILES string of the molecule is CCOc1cccc2c1CN(Cc1c(C)cc(C)cc1C)C2(C)C(=O)NS(=O)(=O)c1cnc(CC(C)=O)s1. The molecule has 10 heteroatoms. The van der Waals surface area contributed by atoms with Crippen molar-refractivity contribution in [3.8, 4) is 5.75 Å². The van der Waals surface area contributed by atoms with Gasteiger partial charge in [-0.25, -0.2) is 18.1 Å². The maximum Gasteiger partial charge on any atom is 0.275 e. The van der Waals surface area contributed by atoms with Crippen LogP contribution in [-0.4, -0.2) is 36.6 Å². The molecule has 38 heavy (non-hydrogen) atoms. The van der Waals surface area contributed by atoms with Crippen LogP contribution in [0.4, 0.5) is 0 Å². The van der Waals surface area contributed by atoms with Crippen LogP contribution in [-0.2, 0) is 44.7 Å². The lowest BCUT2D eigenvalue weighted by Crippen LogP contribution is -2.52. The van der Waals surface area contributed by atoms with E-state index in [2.05, 4.69) is 35.7 Å². The van der Waals surface area contributed by atoms with E-state index < -0.39 is 21.5 Å². The number of benzene rings is 2. The van der Waals surface area contributed by atoms with Crippen LogP contribution < -0.4 is 9.46 Å². The molecule has 0 fully saturated rings. The maximum absolute atomic E-state index is 14.0. The first-order valence-electron chi connectivity index (χ1n) is 12.4. The molecule has 2 aromatic carbocycles. The van der Waals surface area contributed by atoms with Crippen molar-refractivity contribution in [2.24, 2.45) is 0 Å². The van der Waals surface area contributed by atoms with Gasteiger partial charge in [0.2, 0.25) is 0 Å². The van der Waals surface area contributed by atoms with Crippen LogP contribution >= 0.6 is 11.3 Å². The van der Waals surface area contributed by atoms with Crippen LogP contribution in [0.3, 0.4) is 0 Å². The zero-order valence-electron chi connectivity index (χ0n) is 22.5. The summed E-state index contributed by atoms with van der Waals surface area (Å²) in [6, 6.07) is 9.78. The van der Waals surface area contributed by atoms with E-state index in [9.17, 15) is 18.0 Å². The van der Waals surface area contributed by atoms with E-state index in [1.54, 1.807) is 6.92 Å². The Kier molecular flexibility index (Phi) is 7.79. The van der Waals surface area contributed by atoms with Crippen molar-refractivity contribution in [1.82, 2.24) is 14.6 Å². The summed E-state index contributed by atoms with van der Waals surface area (Å²) in [6.07, 6.45) is 1.23. The first-order chi connectivity index (χ1) is 17.9. The molecule has 1 unspecified atom stereocenters. The Labute approximate surface area is 228 Å². The quantitative estimate of drug-likeness (QED) is 0.419. The number of nitrogens with one attached hydrogen (secondary N) is 1. The first kappa shape index (κ1) is 27.9. The molecule has 0 saturated heterocycles. The Balaban J connectivity index is 1.74. The lowest BCUT2D eigenvalue weighted by Gasteiger charge is -2.35. The standard InChI is InChI=1S/C28H33N3O5S2/c1-7-36-24-10-8-9-23-22(24)16-31(15-21-18(3)11-17(2)12-19(21)4)28(23,6)27(33)30-38(34,35)26-14-29-25(37-26)13-20(5)32/h8-12,14H,7,13,15-16H2,1-6H3,(H,30,33). The van der Waals surface area contributed by atoms with Crippen molar-refractivity contribution >= 4 is 33.1 Å². The molecule has 1 aromatic heterocycles. The zero-order valence-corrected chi connectivity index (χ0v) is 24.2. The lowest BCUT2D eigenvalue weighted by molar-refractivity contribution is -0.131. The van der Waals surface area contributed by atoms with E-state index in [1.165, 1.54) is 13.1 Å². The van der Waals surface area contributed by atoms with Crippen molar-refractivity contribution in [1.29, 1.82) is 0 Å². The molecule has 0 bridgehead atoms. The van der Waals surface area contributed by atoms with Gasteiger partial charge < -0.3 is 4.74 Å². The van der Waals surface area contributed by atoms with Crippen molar-refractivity contribution < 1.29 is 22.7 Å². The number of rotatable bonds is 9. The maximum atomic E-state index is 14.0. The number of ketones is 1. The number of amides is 1. The highest BCUT2D eigenvalue weighted by Crippen LogP contribution is 2.44. The molecule has 2 heterocycles. The second-order valence-electron chi connectivity index (χ2n) is 9.91. The van der Waals surface area contributed by atoms with Gasteiger partial charge in [0.05, 0.1) is 19.2 Å². The zero-order chi connectivity index (χ0) is 27.8. The molecule has 1 aliphatic rings. The normalized spacial score (nSPS) is 17.3. The van der Waals surface area contributed by atoms with Crippen molar-refractivity contribution in [2.75, 3.05) is 6.61 Å². The number of hydrogen-bond donors (Lipinski definition) is 1. The Hall–Kier alpha value is -3.08. The molecule has 1 amide bonds. The van der Waals surface area contributed by atoms with Gasteiger partial charge in [0, 0.05) is 18.7 Å². The molecule has 1 atom stereocenters. The summed E-state index contributed by atoms with van der Waals surface area (Å²) in [5.74, 6) is -0.0956. The van der Waals surface area contributed by atoms with E-state index in [0.717, 1.165) is 39.2 Å². The van der Waals surface area contributed by atoms with E-state index in [0.29, 0.717) is 36.0 Å². The fourth-order valence-electron chi connectivity index (χ4n) is 5.11. The Morgan fingerprint density at radius 1 is 1.18 bits per heavy atom. The molecule has 0 aliphatic carbocycles. The van der Waals surface area contributed by atoms with Gasteiger partial charge in [-0.3, -0.25) is 14.5 Å². The van der Waals surface area contributed by atoms with Crippen LogP contribution in [0.25, 0.3) is 0 Å². The first-order valence-corrected chi connectivity index (χ1v) is 14.7. The Morgan fingerprint density at radius 2 is 1.87 bits per heavy atom. The number of fused-ring (bicyclic) bond motifs is 1. The third-order valence-corrected chi connectivity index (χ3v) is 9.78. The summed E-state index contributed by atoms with van der Waals surface area (Å²) >= 11 is 0.887. The van der Waals surface area contributed by atoms with Crippen LogP contribution in [0.1, 0.15) is 59.2 Å². The van der Waals surface area contributed by atoms with Gasteiger partial charge in [0.1, 0.15) is 22.1 Å². The summed E-state index contributed by atoms with van der Waals surface area (Å²) < 4.78 is 34.6. The topological polar surface area (TPSA) is 106 Å². The molecular formula is C28H33N3O5S2. The van der Waals surface area contributed by atoms with Gasteiger partial charge >= 0.3 is 0 Å². The van der Waals surface area contributed by atoms with E-state index in [4.69, 9.17) is 4.74 Å². The predicted molar refractivity (Wildman–Crippen MR) is 147 cm³/mol. The molecular weight excluding hydrogens is 522 g/mol. The lowest BCUT2D eigenvalue weighted by atomic mass is 9.89. The summed E-state index contributed by atoms with van der Waals surface area (Å²) in [5, 5.41) is 0.385. The summed E-state index contributed by atoms with van der Waals surface area (Å²) in [6.45, 7) is 12.6. The second-order valence-corrected chi connectivity index (χ2v) is 12.9. The van der Waals surface area contributed by atoms with E-state index >= 15 is 0 Å². The molecule has 1 aliphatic heterocycles. The minimum Gasteiger partial charge on any atom is -0.494 e. The highest BCUT2D eigenvalue weighted by atomic mass is 32.2. The average Bonchev–Trinajstić information content (AvgIpc) is 3.40. The number of ether oxygens (including phenoxy) is 1. The number of hydrogen-bond acceptors (Lipinski definition) is 8. The van der Waals surface area contributed by atoms with Crippen LogP contribution in [0.2, 0.25) is 0 Å². The van der Waals surface area contributed by atoms with Gasteiger partial charge in [-0.1, -0.05) is 29.8 Å². The number of carbonyl (C=O) groups is 2. The number of Topliss-reactive ketones (excluding diaryl/α,β-unsaturated/α-hetero) is 1. The fraction of sp³-hybridized carbons (Fsp3) is 0.393. The summed E-state index contributed by atoms with van der Waals surface area (Å²) in [5.41, 5.74) is 4.77. The van der Waals surface area contributed by atoms with Crippen molar-refractivity contribution in [2.45, 2.75) is 70.8 Å². The monoisotopic (exact) mass is 555 g/mol. The molecule has 0 radical (unpaired) electrons. The Morgan fingerprint density at radius 3 is 2.50 bits per heavy atom. The van der Waals surface area contributed by atoms with Crippen molar-refractivity contribution in [3.05, 3.63) is 74.9 Å². The van der Waals surface area contributed by atoms with Crippen molar-refractivity contribution in [3.63, 3.8) is 0 Å². The fourth-order valence-corrected chi connectivity index (χ4v) is 7.41. The number of nitrogens with zero attached hydrogens (tertiary/aromatic N) is 2. The number of carbonyl (C=O) groups excluding carboxylic acids is 2. The Bertz CT molecular complexity index is 1490. The van der Waals surface area contributed by atoms with E-state index in [1.807, 2.05) is 36.9 Å². The average molecular weight is 556 g/mol. The van der Waals surface area contributed by atoms with Crippen LogP contribution in [0, 0.1) is 20.8 Å². The largest absolute Gasteiger partial charge is 0.494 e. The predicted octanol–water partition coefficient (Wildman–Crippen LogP) is 4.33. The van der Waals surface area contributed by atoms with Gasteiger partial charge in [-0.05, 0) is 69.9 Å². The van der Waals surface area contributed by atoms with Crippen LogP contribution in [0.15, 0.2) is 40.7 Å². The second kappa shape index (κ2) is 10.6. The minimum atomic E-state index is -4.20. The minimum absolute atomic E-state index is 0.0441. The molecule has 1 N–H and O–H groups in total. The molecule has 0 saturated carbocycles. The third kappa shape index (κ3) is 5.25. The summed E-state index contributed by atoms with van der Waals surface area (Å²) in [7, 11) is -4.20. The highest BCUT2D eigenvalue weighted by Gasteiger charge is 2.49. The van der Waals surface area contributed by atoms with Gasteiger partial charge in [-0.15, -0.1) is 11.3 Å². The number of aryl methyl sites for hydroxylation is 3. The molecule has 3 aromatic rings. The van der Waals surface area contributed by atoms with Gasteiger partial charge in [0.25, 0.3) is 15.9 Å². The number of sulfonamides is 1. The highest BCUT2D eigenvalue weighted by molar-refractivity contribution is 7.92. The summed E-state index contributed by atoms with van der Waals surface area (Å²) in [4.78, 5) is 31.4. The third-order valence-electron chi connectivity index (χ3n) is 6.99. The smallest absolute Gasteiger partial charge is 0.275 e. The van der Waals surface area contributed by atoms with Gasteiger partial charge in [0.15, 0.2) is 4.21 Å². The molecule has 202 valence electrons. The number of aromatic nitrogens is 1. The number of thiazole rings is 1. The van der Waals surface area contributed by atoms with Crippen LogP contribution in [0.5, 0.6) is 5.75 Å². The molecule has 0 spiro atoms. The van der Waals surface area contributed by atoms with Gasteiger partial charge in [-0.2, -0.15) is 0 Å². The molecule has 4 rings (SSSR count).